The molecule has 8 nitrogen and oxygen atoms in total. The molecule has 0 aromatic heterocycles. The number of ether oxygens (including phenoxy) is 1. The standard InChI is InChI=1S/C22H24ClN3O5/c1-22(2)20(28)25(21(29)24(22)3)12-18(26(30)14-27)13-31-19-10-6-16(7-11-19)15-4-8-17(23)9-5-15/h4-11,14,18,30H,12-13H2,1-3H3. The fourth-order valence-electron chi connectivity index (χ4n) is 3.23. The molecule has 1 saturated heterocycles. The number of amides is 4. The molecular formula is C22H24ClN3O5. The highest BCUT2D eigenvalue weighted by Gasteiger charge is 2.50. The van der Waals surface area contributed by atoms with Gasteiger partial charge in [0.15, 0.2) is 0 Å². The van der Waals surface area contributed by atoms with E-state index in [9.17, 15) is 19.6 Å². The summed E-state index contributed by atoms with van der Waals surface area (Å²) in [5.74, 6) is 0.107. The zero-order valence-corrected chi connectivity index (χ0v) is 18.2. The predicted octanol–water partition coefficient (Wildman–Crippen LogP) is 3.27. The molecule has 0 spiro atoms. The summed E-state index contributed by atoms with van der Waals surface area (Å²) in [7, 11) is 1.53. The second-order valence-corrected chi connectivity index (χ2v) is 8.23. The van der Waals surface area contributed by atoms with Gasteiger partial charge in [0.05, 0.1) is 6.54 Å². The zero-order valence-electron chi connectivity index (χ0n) is 17.5. The van der Waals surface area contributed by atoms with Crippen LogP contribution in [0.15, 0.2) is 48.5 Å². The van der Waals surface area contributed by atoms with Gasteiger partial charge in [-0.2, -0.15) is 0 Å². The third-order valence-electron chi connectivity index (χ3n) is 5.47. The van der Waals surface area contributed by atoms with Crippen LogP contribution in [0.4, 0.5) is 4.79 Å². The summed E-state index contributed by atoms with van der Waals surface area (Å²) in [6.07, 6.45) is 0.220. The molecule has 3 rings (SSSR count). The minimum absolute atomic E-state index is 0.114. The Morgan fingerprint density at radius 3 is 2.13 bits per heavy atom. The molecule has 1 unspecified atom stereocenters. The van der Waals surface area contributed by atoms with E-state index in [-0.39, 0.29) is 19.6 Å². The minimum Gasteiger partial charge on any atom is -0.491 e. The Balaban J connectivity index is 1.68. The number of urea groups is 1. The van der Waals surface area contributed by atoms with E-state index in [1.54, 1.807) is 38.1 Å². The molecule has 1 aliphatic rings. The summed E-state index contributed by atoms with van der Waals surface area (Å²) in [5, 5.41) is 11.0. The van der Waals surface area contributed by atoms with Gasteiger partial charge in [-0.15, -0.1) is 0 Å². The van der Waals surface area contributed by atoms with Gasteiger partial charge in [-0.05, 0) is 49.2 Å². The lowest BCUT2D eigenvalue weighted by molar-refractivity contribution is -0.165. The number of likely N-dealkylation sites (N-methyl/N-ethyl adjacent to an activating group) is 1. The van der Waals surface area contributed by atoms with Gasteiger partial charge in [-0.1, -0.05) is 35.9 Å². The second kappa shape index (κ2) is 8.95. The van der Waals surface area contributed by atoms with Crippen molar-refractivity contribution in [2.75, 3.05) is 20.2 Å². The third kappa shape index (κ3) is 4.65. The van der Waals surface area contributed by atoms with E-state index in [4.69, 9.17) is 16.3 Å². The molecule has 2 aromatic carbocycles. The van der Waals surface area contributed by atoms with E-state index in [1.807, 2.05) is 24.3 Å². The Hall–Kier alpha value is -3.10. The van der Waals surface area contributed by atoms with Crippen LogP contribution < -0.4 is 4.74 Å². The lowest BCUT2D eigenvalue weighted by Crippen LogP contribution is -2.48. The summed E-state index contributed by atoms with van der Waals surface area (Å²) in [6, 6.07) is 13.3. The van der Waals surface area contributed by atoms with E-state index >= 15 is 0 Å². The quantitative estimate of drug-likeness (QED) is 0.291. The monoisotopic (exact) mass is 445 g/mol. The number of rotatable bonds is 8. The minimum atomic E-state index is -0.999. The van der Waals surface area contributed by atoms with E-state index < -0.39 is 23.5 Å². The largest absolute Gasteiger partial charge is 0.491 e. The van der Waals surface area contributed by atoms with Crippen LogP contribution in [-0.2, 0) is 9.59 Å². The van der Waals surface area contributed by atoms with Crippen LogP contribution in [-0.4, -0.2) is 70.2 Å². The number of hydroxylamine groups is 2. The Morgan fingerprint density at radius 2 is 1.65 bits per heavy atom. The third-order valence-corrected chi connectivity index (χ3v) is 5.73. The summed E-state index contributed by atoms with van der Waals surface area (Å²) in [6.45, 7) is 2.97. The molecular weight excluding hydrogens is 422 g/mol. The fraction of sp³-hybridized carbons (Fsp3) is 0.318. The number of benzene rings is 2. The van der Waals surface area contributed by atoms with Crippen molar-refractivity contribution in [2.24, 2.45) is 0 Å². The van der Waals surface area contributed by atoms with Gasteiger partial charge in [0.25, 0.3) is 5.91 Å². The van der Waals surface area contributed by atoms with E-state index in [1.165, 1.54) is 11.9 Å². The average Bonchev–Trinajstić information content (AvgIpc) is 2.91. The molecule has 1 atom stereocenters. The first-order chi connectivity index (χ1) is 14.6. The number of hydrogen-bond acceptors (Lipinski definition) is 5. The lowest BCUT2D eigenvalue weighted by atomic mass is 10.1. The highest BCUT2D eigenvalue weighted by Crippen LogP contribution is 2.27. The van der Waals surface area contributed by atoms with Crippen molar-refractivity contribution in [3.63, 3.8) is 0 Å². The highest BCUT2D eigenvalue weighted by atomic mass is 35.5. The number of imide groups is 1. The van der Waals surface area contributed by atoms with Crippen molar-refractivity contribution in [3.05, 3.63) is 53.6 Å². The van der Waals surface area contributed by atoms with Crippen LogP contribution >= 0.6 is 11.6 Å². The summed E-state index contributed by atoms with van der Waals surface area (Å²) in [5.41, 5.74) is 0.964. The van der Waals surface area contributed by atoms with E-state index in [2.05, 4.69) is 0 Å². The van der Waals surface area contributed by atoms with Crippen LogP contribution in [0.1, 0.15) is 13.8 Å². The molecule has 1 fully saturated rings. The maximum atomic E-state index is 12.6. The second-order valence-electron chi connectivity index (χ2n) is 7.80. The summed E-state index contributed by atoms with van der Waals surface area (Å²) in [4.78, 5) is 38.5. The normalized spacial score (nSPS) is 16.4. The van der Waals surface area contributed by atoms with Crippen molar-refractivity contribution < 1.29 is 24.3 Å². The number of carbonyl (C=O) groups excluding carboxylic acids is 3. The molecule has 4 amide bonds. The topological polar surface area (TPSA) is 90.4 Å². The SMILES string of the molecule is CN1C(=O)N(CC(COc2ccc(-c3ccc(Cl)cc3)cc2)N(O)C=O)C(=O)C1(C)C. The molecule has 0 radical (unpaired) electrons. The van der Waals surface area contributed by atoms with Crippen LogP contribution in [0.3, 0.4) is 0 Å². The summed E-state index contributed by atoms with van der Waals surface area (Å²) >= 11 is 5.92. The Morgan fingerprint density at radius 1 is 1.10 bits per heavy atom. The van der Waals surface area contributed by atoms with Crippen LogP contribution in [0.2, 0.25) is 5.02 Å². The van der Waals surface area contributed by atoms with Crippen molar-refractivity contribution >= 4 is 29.9 Å². The molecule has 1 aliphatic heterocycles. The Kier molecular flexibility index (Phi) is 6.52. The molecule has 1 N–H and O–H groups in total. The number of hydrogen-bond donors (Lipinski definition) is 1. The molecule has 2 aromatic rings. The molecule has 31 heavy (non-hydrogen) atoms. The number of halogens is 1. The van der Waals surface area contributed by atoms with Crippen molar-refractivity contribution in [2.45, 2.75) is 25.4 Å². The van der Waals surface area contributed by atoms with Crippen molar-refractivity contribution in [1.29, 1.82) is 0 Å². The summed E-state index contributed by atoms with van der Waals surface area (Å²) < 4.78 is 5.72. The fourth-order valence-corrected chi connectivity index (χ4v) is 3.36. The average molecular weight is 446 g/mol. The molecule has 1 heterocycles. The van der Waals surface area contributed by atoms with Crippen molar-refractivity contribution in [3.8, 4) is 16.9 Å². The predicted molar refractivity (Wildman–Crippen MR) is 115 cm³/mol. The maximum Gasteiger partial charge on any atom is 0.327 e. The van der Waals surface area contributed by atoms with Gasteiger partial charge in [-0.3, -0.25) is 19.7 Å². The van der Waals surface area contributed by atoms with Crippen LogP contribution in [0.25, 0.3) is 11.1 Å². The Bertz CT molecular complexity index is 962. The number of carbonyl (C=O) groups is 3. The van der Waals surface area contributed by atoms with E-state index in [0.29, 0.717) is 15.8 Å². The first-order valence-electron chi connectivity index (χ1n) is 9.66. The first kappa shape index (κ1) is 22.6. The van der Waals surface area contributed by atoms with Gasteiger partial charge < -0.3 is 9.64 Å². The van der Waals surface area contributed by atoms with Gasteiger partial charge in [0.1, 0.15) is 23.9 Å². The smallest absolute Gasteiger partial charge is 0.327 e. The van der Waals surface area contributed by atoms with Gasteiger partial charge in [-0.25, -0.2) is 9.86 Å². The number of nitrogens with zero attached hydrogens (tertiary/aromatic N) is 3. The van der Waals surface area contributed by atoms with Gasteiger partial charge in [0.2, 0.25) is 6.41 Å². The molecule has 0 saturated carbocycles. The molecule has 0 bridgehead atoms. The highest BCUT2D eigenvalue weighted by molar-refractivity contribution is 6.30. The maximum absolute atomic E-state index is 12.6. The molecule has 9 heteroatoms. The van der Waals surface area contributed by atoms with Crippen molar-refractivity contribution in [1.82, 2.24) is 14.9 Å². The van der Waals surface area contributed by atoms with Gasteiger partial charge in [0, 0.05) is 12.1 Å². The first-order valence-corrected chi connectivity index (χ1v) is 10.0. The van der Waals surface area contributed by atoms with Crippen LogP contribution in [0.5, 0.6) is 5.75 Å². The van der Waals surface area contributed by atoms with Crippen LogP contribution in [0, 0.1) is 0 Å². The molecule has 164 valence electrons. The molecule has 0 aliphatic carbocycles. The Labute approximate surface area is 185 Å². The lowest BCUT2D eigenvalue weighted by Gasteiger charge is -2.26. The van der Waals surface area contributed by atoms with Gasteiger partial charge >= 0.3 is 6.03 Å². The zero-order chi connectivity index (χ0) is 22.8. The van der Waals surface area contributed by atoms with E-state index in [0.717, 1.165) is 16.0 Å².